The quantitative estimate of drug-likeness (QED) is 0.867. The molecule has 1 saturated heterocycles. The van der Waals surface area contributed by atoms with Crippen LogP contribution >= 0.6 is 0 Å². The number of amides is 2. The molecule has 1 aliphatic heterocycles. The van der Waals surface area contributed by atoms with E-state index in [0.717, 1.165) is 18.5 Å². The van der Waals surface area contributed by atoms with E-state index >= 15 is 0 Å². The molecule has 1 fully saturated rings. The van der Waals surface area contributed by atoms with Crippen LogP contribution in [0, 0.1) is 5.82 Å². The van der Waals surface area contributed by atoms with Gasteiger partial charge in [0.1, 0.15) is 5.82 Å². The number of nitrogens with one attached hydrogen (secondary N) is 2. The molecule has 0 radical (unpaired) electrons. The second-order valence-corrected chi connectivity index (χ2v) is 6.42. The summed E-state index contributed by atoms with van der Waals surface area (Å²) in [6.45, 7) is 1.75. The molecule has 2 aromatic carbocycles. The number of rotatable bonds is 5. The fraction of sp³-hybridized carbons (Fsp3) is 0.300. The summed E-state index contributed by atoms with van der Waals surface area (Å²) < 4.78 is 13.7. The van der Waals surface area contributed by atoms with Gasteiger partial charge in [0, 0.05) is 24.8 Å². The van der Waals surface area contributed by atoms with Crippen molar-refractivity contribution in [3.63, 3.8) is 0 Å². The summed E-state index contributed by atoms with van der Waals surface area (Å²) in [6.07, 6.45) is 1.47. The highest BCUT2D eigenvalue weighted by molar-refractivity contribution is 5.94. The largest absolute Gasteiger partial charge is 0.349 e. The van der Waals surface area contributed by atoms with Gasteiger partial charge in [-0.2, -0.15) is 0 Å². The summed E-state index contributed by atoms with van der Waals surface area (Å²) in [6, 6.07) is 15.3. The number of likely N-dealkylation sites (tertiary alicyclic amines) is 1. The molecule has 0 unspecified atom stereocenters. The molecular formula is C20H22FN3O2. The molecule has 0 aliphatic carbocycles. The Bertz CT molecular complexity index is 759. The van der Waals surface area contributed by atoms with Crippen LogP contribution in [0.15, 0.2) is 54.6 Å². The normalized spacial score (nSPS) is 15.4. The number of halogens is 1. The van der Waals surface area contributed by atoms with Crippen LogP contribution in [-0.4, -0.2) is 42.4 Å². The lowest BCUT2D eigenvalue weighted by Crippen LogP contribution is -2.46. The summed E-state index contributed by atoms with van der Waals surface area (Å²) in [5.41, 5.74) is 0.849. The number of anilines is 1. The Hall–Kier alpha value is -2.73. The Morgan fingerprint density at radius 3 is 2.35 bits per heavy atom. The Morgan fingerprint density at radius 2 is 1.65 bits per heavy atom. The molecule has 2 N–H and O–H groups in total. The average molecular weight is 355 g/mol. The molecule has 0 aromatic heterocycles. The van der Waals surface area contributed by atoms with Gasteiger partial charge in [0.2, 0.25) is 5.91 Å². The van der Waals surface area contributed by atoms with Crippen LogP contribution in [0.2, 0.25) is 0 Å². The summed E-state index contributed by atoms with van der Waals surface area (Å²) in [4.78, 5) is 26.3. The van der Waals surface area contributed by atoms with Gasteiger partial charge in [0.05, 0.1) is 12.1 Å². The van der Waals surface area contributed by atoms with Gasteiger partial charge < -0.3 is 10.6 Å². The number of piperidine rings is 1. The van der Waals surface area contributed by atoms with E-state index in [-0.39, 0.29) is 23.4 Å². The van der Waals surface area contributed by atoms with Crippen LogP contribution < -0.4 is 10.6 Å². The van der Waals surface area contributed by atoms with Crippen LogP contribution in [-0.2, 0) is 4.79 Å². The summed E-state index contributed by atoms with van der Waals surface area (Å²) >= 11 is 0. The van der Waals surface area contributed by atoms with E-state index in [4.69, 9.17) is 0 Å². The number of carbonyl (C=O) groups excluding carboxylic acids is 2. The van der Waals surface area contributed by atoms with E-state index in [2.05, 4.69) is 15.5 Å². The van der Waals surface area contributed by atoms with Gasteiger partial charge >= 0.3 is 0 Å². The first-order valence-electron chi connectivity index (χ1n) is 8.74. The van der Waals surface area contributed by atoms with Gasteiger partial charge in [0.15, 0.2) is 0 Å². The number of benzene rings is 2. The monoisotopic (exact) mass is 355 g/mol. The molecule has 0 spiro atoms. The van der Waals surface area contributed by atoms with Crippen LogP contribution in [0.3, 0.4) is 0 Å². The third-order valence-corrected chi connectivity index (χ3v) is 4.47. The Kier molecular flexibility index (Phi) is 5.96. The van der Waals surface area contributed by atoms with Crippen molar-refractivity contribution in [1.82, 2.24) is 10.2 Å². The smallest absolute Gasteiger partial charge is 0.254 e. The molecule has 0 atom stereocenters. The van der Waals surface area contributed by atoms with E-state index in [9.17, 15) is 14.0 Å². The lowest BCUT2D eigenvalue weighted by Gasteiger charge is -2.31. The minimum absolute atomic E-state index is 0.00413. The van der Waals surface area contributed by atoms with E-state index in [1.54, 1.807) is 12.1 Å². The zero-order valence-electron chi connectivity index (χ0n) is 14.5. The fourth-order valence-corrected chi connectivity index (χ4v) is 3.07. The van der Waals surface area contributed by atoms with Gasteiger partial charge in [0.25, 0.3) is 5.91 Å². The second-order valence-electron chi connectivity index (χ2n) is 6.42. The van der Waals surface area contributed by atoms with E-state index in [1.807, 2.05) is 30.3 Å². The first-order chi connectivity index (χ1) is 12.6. The predicted octanol–water partition coefficient (Wildman–Crippen LogP) is 2.66. The number of hydrogen-bond acceptors (Lipinski definition) is 3. The second kappa shape index (κ2) is 8.58. The molecule has 26 heavy (non-hydrogen) atoms. The molecule has 3 rings (SSSR count). The fourth-order valence-electron chi connectivity index (χ4n) is 3.07. The zero-order valence-corrected chi connectivity index (χ0v) is 14.5. The summed E-state index contributed by atoms with van der Waals surface area (Å²) in [5.74, 6) is -0.951. The number of carbonyl (C=O) groups is 2. The highest BCUT2D eigenvalue weighted by atomic mass is 19.1. The minimum atomic E-state index is -0.514. The van der Waals surface area contributed by atoms with E-state index in [1.165, 1.54) is 12.1 Å². The van der Waals surface area contributed by atoms with Crippen molar-refractivity contribution in [2.24, 2.45) is 0 Å². The Morgan fingerprint density at radius 1 is 1.00 bits per heavy atom. The molecule has 0 bridgehead atoms. The van der Waals surface area contributed by atoms with Crippen LogP contribution in [0.25, 0.3) is 0 Å². The van der Waals surface area contributed by atoms with Gasteiger partial charge in [-0.1, -0.05) is 30.3 Å². The Labute approximate surface area is 152 Å². The highest BCUT2D eigenvalue weighted by Crippen LogP contribution is 2.13. The number of para-hydroxylation sites is 1. The Balaban J connectivity index is 1.43. The van der Waals surface area contributed by atoms with Crippen molar-refractivity contribution in [1.29, 1.82) is 0 Å². The van der Waals surface area contributed by atoms with Crippen LogP contribution in [0.1, 0.15) is 23.2 Å². The standard InChI is InChI=1S/C20H22FN3O2/c21-18-9-5-4-8-17(18)20(26)23-16-10-12-24(13-11-16)14-19(25)22-15-6-2-1-3-7-15/h1-9,16H,10-14H2,(H,22,25)(H,23,26). The molecule has 136 valence electrons. The van der Waals surface area contributed by atoms with Gasteiger partial charge in [-0.3, -0.25) is 14.5 Å². The van der Waals surface area contributed by atoms with Crippen molar-refractivity contribution in [2.75, 3.05) is 25.0 Å². The summed E-state index contributed by atoms with van der Waals surface area (Å²) in [5, 5.41) is 5.75. The molecule has 6 heteroatoms. The molecule has 0 saturated carbocycles. The first kappa shape index (κ1) is 18.1. The third-order valence-electron chi connectivity index (χ3n) is 4.47. The van der Waals surface area contributed by atoms with E-state index < -0.39 is 5.82 Å². The van der Waals surface area contributed by atoms with Crippen molar-refractivity contribution in [3.8, 4) is 0 Å². The lowest BCUT2D eigenvalue weighted by atomic mass is 10.0. The predicted molar refractivity (Wildman–Crippen MR) is 98.4 cm³/mol. The first-order valence-corrected chi connectivity index (χ1v) is 8.74. The molecule has 2 aromatic rings. The van der Waals surface area contributed by atoms with Crippen LogP contribution in [0.5, 0.6) is 0 Å². The highest BCUT2D eigenvalue weighted by Gasteiger charge is 2.23. The van der Waals surface area contributed by atoms with Gasteiger partial charge in [-0.25, -0.2) is 4.39 Å². The van der Waals surface area contributed by atoms with Gasteiger partial charge in [-0.15, -0.1) is 0 Å². The van der Waals surface area contributed by atoms with Crippen molar-refractivity contribution in [2.45, 2.75) is 18.9 Å². The van der Waals surface area contributed by atoms with Crippen molar-refractivity contribution < 1.29 is 14.0 Å². The van der Waals surface area contributed by atoms with Gasteiger partial charge in [-0.05, 0) is 37.1 Å². The van der Waals surface area contributed by atoms with Crippen LogP contribution in [0.4, 0.5) is 10.1 Å². The molecule has 1 heterocycles. The van der Waals surface area contributed by atoms with Crippen molar-refractivity contribution >= 4 is 17.5 Å². The zero-order chi connectivity index (χ0) is 18.4. The molecule has 1 aliphatic rings. The van der Waals surface area contributed by atoms with Crippen molar-refractivity contribution in [3.05, 3.63) is 66.0 Å². The molecule has 2 amide bonds. The SMILES string of the molecule is O=C(CN1CCC(NC(=O)c2ccccc2F)CC1)Nc1ccccc1. The lowest BCUT2D eigenvalue weighted by molar-refractivity contribution is -0.117. The van der Waals surface area contributed by atoms with E-state index in [0.29, 0.717) is 19.6 Å². The topological polar surface area (TPSA) is 61.4 Å². The maximum absolute atomic E-state index is 13.7. The summed E-state index contributed by atoms with van der Waals surface area (Å²) in [7, 11) is 0. The minimum Gasteiger partial charge on any atom is -0.349 e. The average Bonchev–Trinajstić information content (AvgIpc) is 2.64. The maximum atomic E-state index is 13.7. The molecular weight excluding hydrogens is 333 g/mol. The third kappa shape index (κ3) is 4.89. The number of nitrogens with zero attached hydrogens (tertiary/aromatic N) is 1. The molecule has 5 nitrogen and oxygen atoms in total. The maximum Gasteiger partial charge on any atom is 0.254 e. The number of hydrogen-bond donors (Lipinski definition) is 2.